The normalized spacial score (nSPS) is 16.8. The highest BCUT2D eigenvalue weighted by molar-refractivity contribution is 7.88. The summed E-state index contributed by atoms with van der Waals surface area (Å²) in [7, 11) is -3.53. The monoisotopic (exact) mass is 353 g/mol. The lowest BCUT2D eigenvalue weighted by molar-refractivity contribution is 0.224. The summed E-state index contributed by atoms with van der Waals surface area (Å²) in [5.41, 5.74) is 0.934. The Bertz CT molecular complexity index is 784. The Kier molecular flexibility index (Phi) is 4.45. The molecule has 2 aromatic carbocycles. The van der Waals surface area contributed by atoms with Crippen molar-refractivity contribution in [3.05, 3.63) is 70.5 Å². The Morgan fingerprint density at radius 1 is 1.04 bits per heavy atom. The van der Waals surface area contributed by atoms with Gasteiger partial charge in [0.1, 0.15) is 5.82 Å². The highest BCUT2D eigenvalue weighted by Crippen LogP contribution is 2.42. The molecule has 0 heterocycles. The minimum Gasteiger partial charge on any atom is -0.212 e. The van der Waals surface area contributed by atoms with Gasteiger partial charge in [-0.25, -0.2) is 17.5 Å². The van der Waals surface area contributed by atoms with Crippen LogP contribution in [0.1, 0.15) is 30.4 Å². The first-order valence-electron chi connectivity index (χ1n) is 7.41. The zero-order chi connectivity index (χ0) is 16.5. The molecule has 0 amide bonds. The molecule has 0 aromatic heterocycles. The van der Waals surface area contributed by atoms with Crippen LogP contribution in [0.3, 0.4) is 0 Å². The molecule has 0 unspecified atom stereocenters. The fourth-order valence-electron chi connectivity index (χ4n) is 2.88. The van der Waals surface area contributed by atoms with E-state index in [1.165, 1.54) is 24.3 Å². The van der Waals surface area contributed by atoms with Gasteiger partial charge in [-0.1, -0.05) is 35.9 Å². The molecule has 6 heteroatoms. The molecule has 3 rings (SSSR count). The molecule has 1 aliphatic carbocycles. The maximum atomic E-state index is 12.9. The van der Waals surface area contributed by atoms with Gasteiger partial charge >= 0.3 is 0 Å². The number of rotatable bonds is 5. The van der Waals surface area contributed by atoms with Crippen molar-refractivity contribution in [2.24, 2.45) is 0 Å². The van der Waals surface area contributed by atoms with E-state index < -0.39 is 15.6 Å². The second-order valence-electron chi connectivity index (χ2n) is 5.93. The third kappa shape index (κ3) is 3.74. The molecular formula is C17H17ClFNO2S. The quantitative estimate of drug-likeness (QED) is 0.883. The van der Waals surface area contributed by atoms with E-state index in [0.29, 0.717) is 10.6 Å². The Morgan fingerprint density at radius 3 is 2.17 bits per heavy atom. The fraction of sp³-hybridized carbons (Fsp3) is 0.294. The van der Waals surface area contributed by atoms with Crippen molar-refractivity contribution in [1.82, 2.24) is 4.72 Å². The van der Waals surface area contributed by atoms with Crippen molar-refractivity contribution in [2.75, 3.05) is 0 Å². The van der Waals surface area contributed by atoms with Gasteiger partial charge < -0.3 is 0 Å². The molecule has 0 saturated heterocycles. The molecule has 0 radical (unpaired) electrons. The van der Waals surface area contributed by atoms with Gasteiger partial charge in [0.2, 0.25) is 10.0 Å². The van der Waals surface area contributed by atoms with Crippen LogP contribution in [0, 0.1) is 5.82 Å². The van der Waals surface area contributed by atoms with Crippen LogP contribution in [-0.2, 0) is 21.3 Å². The van der Waals surface area contributed by atoms with Gasteiger partial charge in [0, 0.05) is 5.02 Å². The average Bonchev–Trinajstić information content (AvgIpc) is 2.46. The Labute approximate surface area is 140 Å². The number of hydrogen-bond acceptors (Lipinski definition) is 2. The van der Waals surface area contributed by atoms with Gasteiger partial charge in [-0.2, -0.15) is 0 Å². The summed E-state index contributed by atoms with van der Waals surface area (Å²) in [4.78, 5) is 0. The summed E-state index contributed by atoms with van der Waals surface area (Å²) < 4.78 is 40.8. The van der Waals surface area contributed by atoms with Crippen molar-refractivity contribution in [1.29, 1.82) is 0 Å². The zero-order valence-corrected chi connectivity index (χ0v) is 14.0. The Balaban J connectivity index is 1.80. The van der Waals surface area contributed by atoms with E-state index in [1.54, 1.807) is 12.1 Å². The zero-order valence-electron chi connectivity index (χ0n) is 12.4. The van der Waals surface area contributed by atoms with Gasteiger partial charge in [-0.3, -0.25) is 0 Å². The van der Waals surface area contributed by atoms with E-state index in [0.717, 1.165) is 24.8 Å². The van der Waals surface area contributed by atoms with Gasteiger partial charge in [0.15, 0.2) is 0 Å². The van der Waals surface area contributed by atoms with Crippen molar-refractivity contribution in [3.8, 4) is 0 Å². The minimum atomic E-state index is -3.53. The first kappa shape index (κ1) is 16.4. The SMILES string of the molecule is O=S(=O)(Cc1ccc(F)cc1)NC1(c2ccc(Cl)cc2)CCC1. The molecule has 1 fully saturated rings. The molecular weight excluding hydrogens is 337 g/mol. The number of benzene rings is 2. The average molecular weight is 354 g/mol. The standard InChI is InChI=1S/C17H17ClFNO2S/c18-15-6-4-14(5-7-15)17(10-1-11-17)20-23(21,22)12-13-2-8-16(19)9-3-13/h2-9,20H,1,10-12H2. The van der Waals surface area contributed by atoms with E-state index in [-0.39, 0.29) is 11.6 Å². The maximum absolute atomic E-state index is 12.9. The van der Waals surface area contributed by atoms with Crippen LogP contribution in [0.25, 0.3) is 0 Å². The lowest BCUT2D eigenvalue weighted by atomic mass is 9.73. The second-order valence-corrected chi connectivity index (χ2v) is 8.09. The van der Waals surface area contributed by atoms with Crippen LogP contribution in [0.4, 0.5) is 4.39 Å². The largest absolute Gasteiger partial charge is 0.216 e. The van der Waals surface area contributed by atoms with E-state index >= 15 is 0 Å². The summed E-state index contributed by atoms with van der Waals surface area (Å²) in [6, 6.07) is 12.8. The summed E-state index contributed by atoms with van der Waals surface area (Å²) >= 11 is 5.91. The van der Waals surface area contributed by atoms with E-state index in [2.05, 4.69) is 4.72 Å². The summed E-state index contributed by atoms with van der Waals surface area (Å²) in [5.74, 6) is -0.543. The van der Waals surface area contributed by atoms with Crippen LogP contribution in [0.5, 0.6) is 0 Å². The third-order valence-corrected chi connectivity index (χ3v) is 5.89. The summed E-state index contributed by atoms with van der Waals surface area (Å²) in [5, 5.41) is 0.623. The summed E-state index contributed by atoms with van der Waals surface area (Å²) in [6.45, 7) is 0. The predicted molar refractivity (Wildman–Crippen MR) is 89.1 cm³/mol. The van der Waals surface area contributed by atoms with Crippen LogP contribution in [-0.4, -0.2) is 8.42 Å². The lowest BCUT2D eigenvalue weighted by Gasteiger charge is -2.42. The second kappa shape index (κ2) is 6.23. The van der Waals surface area contributed by atoms with Crippen molar-refractivity contribution in [2.45, 2.75) is 30.6 Å². The van der Waals surface area contributed by atoms with Gasteiger partial charge in [0.25, 0.3) is 0 Å². The molecule has 1 saturated carbocycles. The smallest absolute Gasteiger partial charge is 0.212 e. The molecule has 3 nitrogen and oxygen atoms in total. The fourth-order valence-corrected chi connectivity index (χ4v) is 4.63. The molecule has 1 N–H and O–H groups in total. The van der Waals surface area contributed by atoms with Gasteiger partial charge in [-0.15, -0.1) is 0 Å². The first-order chi connectivity index (χ1) is 10.9. The van der Waals surface area contributed by atoms with Gasteiger partial charge in [-0.05, 0) is 54.7 Å². The number of sulfonamides is 1. The van der Waals surface area contributed by atoms with Crippen LogP contribution >= 0.6 is 11.6 Å². The number of hydrogen-bond donors (Lipinski definition) is 1. The lowest BCUT2D eigenvalue weighted by Crippen LogP contribution is -2.50. The van der Waals surface area contributed by atoms with Crippen LogP contribution in [0.15, 0.2) is 48.5 Å². The molecule has 23 heavy (non-hydrogen) atoms. The predicted octanol–water partition coefficient (Wildman–Crippen LogP) is 3.98. The maximum Gasteiger partial charge on any atom is 0.216 e. The Morgan fingerprint density at radius 2 is 1.65 bits per heavy atom. The molecule has 0 atom stereocenters. The van der Waals surface area contributed by atoms with Crippen LogP contribution in [0.2, 0.25) is 5.02 Å². The molecule has 0 aliphatic heterocycles. The van der Waals surface area contributed by atoms with Gasteiger partial charge in [0.05, 0.1) is 11.3 Å². The van der Waals surface area contributed by atoms with Crippen LogP contribution < -0.4 is 4.72 Å². The van der Waals surface area contributed by atoms with E-state index in [4.69, 9.17) is 11.6 Å². The number of halogens is 2. The van der Waals surface area contributed by atoms with Crippen molar-refractivity contribution < 1.29 is 12.8 Å². The third-order valence-electron chi connectivity index (χ3n) is 4.22. The molecule has 0 spiro atoms. The van der Waals surface area contributed by atoms with Crippen molar-refractivity contribution >= 4 is 21.6 Å². The topological polar surface area (TPSA) is 46.2 Å². The molecule has 1 aliphatic rings. The van der Waals surface area contributed by atoms with E-state index in [9.17, 15) is 12.8 Å². The Hall–Kier alpha value is -1.43. The molecule has 2 aromatic rings. The molecule has 0 bridgehead atoms. The minimum absolute atomic E-state index is 0.164. The molecule has 122 valence electrons. The highest BCUT2D eigenvalue weighted by Gasteiger charge is 2.41. The highest BCUT2D eigenvalue weighted by atomic mass is 35.5. The first-order valence-corrected chi connectivity index (χ1v) is 9.44. The number of nitrogens with one attached hydrogen (secondary N) is 1. The van der Waals surface area contributed by atoms with E-state index in [1.807, 2.05) is 12.1 Å². The summed E-state index contributed by atoms with van der Waals surface area (Å²) in [6.07, 6.45) is 2.50. The van der Waals surface area contributed by atoms with Crippen molar-refractivity contribution in [3.63, 3.8) is 0 Å².